The Morgan fingerprint density at radius 2 is 1.32 bits per heavy atom. The van der Waals surface area contributed by atoms with E-state index in [1.807, 2.05) is 0 Å². The van der Waals surface area contributed by atoms with Crippen LogP contribution in [-0.4, -0.2) is 131 Å². The van der Waals surface area contributed by atoms with Crippen molar-refractivity contribution in [1.82, 2.24) is 10.2 Å². The SMILES string of the molecule is C.C[NH2+]C[C@H](O)[C@@H](O)[C@H](O)[C@H](O)CO.O=C([O-])CN(CCN[C@@H](Cc1ccc(Oc2ccc(C(=O)[O-])cc2)cc1)C(=O)[O-])CC(=O)[O-]. The first-order valence-corrected chi connectivity index (χ1v) is 13.9. The molecule has 47 heavy (non-hydrogen) atoms. The van der Waals surface area contributed by atoms with Crippen LogP contribution >= 0.6 is 0 Å². The zero-order valence-corrected chi connectivity index (χ0v) is 24.9. The molecule has 0 aliphatic rings. The van der Waals surface area contributed by atoms with Crippen molar-refractivity contribution in [2.45, 2.75) is 44.3 Å². The van der Waals surface area contributed by atoms with Crippen molar-refractivity contribution in [3.8, 4) is 11.5 Å². The average molecular weight is 669 g/mol. The zero-order valence-electron chi connectivity index (χ0n) is 24.9. The van der Waals surface area contributed by atoms with E-state index in [0.29, 0.717) is 17.1 Å². The number of rotatable bonds is 20. The van der Waals surface area contributed by atoms with Gasteiger partial charge >= 0.3 is 0 Å². The number of nitrogens with zero attached hydrogens (tertiary/aromatic N) is 1. The maximum Gasteiger partial charge on any atom is 0.131 e. The van der Waals surface area contributed by atoms with Crippen molar-refractivity contribution in [2.75, 3.05) is 46.4 Å². The normalized spacial score (nSPS) is 13.9. The number of ether oxygens (including phenoxy) is 1. The average Bonchev–Trinajstić information content (AvgIpc) is 3.00. The van der Waals surface area contributed by atoms with Gasteiger partial charge in [-0.3, -0.25) is 4.90 Å². The molecular formula is C30H42N3O14-3. The van der Waals surface area contributed by atoms with Gasteiger partial charge in [-0.25, -0.2) is 0 Å². The highest BCUT2D eigenvalue weighted by molar-refractivity contribution is 5.85. The van der Waals surface area contributed by atoms with E-state index in [1.54, 1.807) is 36.6 Å². The Morgan fingerprint density at radius 1 is 0.830 bits per heavy atom. The van der Waals surface area contributed by atoms with E-state index in [2.05, 4.69) is 5.32 Å². The molecule has 0 spiro atoms. The van der Waals surface area contributed by atoms with Gasteiger partial charge in [0, 0.05) is 26.2 Å². The van der Waals surface area contributed by atoms with Gasteiger partial charge in [0.25, 0.3) is 0 Å². The second-order valence-electron chi connectivity index (χ2n) is 9.98. The first kappa shape index (κ1) is 42.8. The summed E-state index contributed by atoms with van der Waals surface area (Å²) in [4.78, 5) is 44.7. The molecular weight excluding hydrogens is 626 g/mol. The lowest BCUT2D eigenvalue weighted by atomic mass is 10.0. The molecule has 5 atom stereocenters. The number of nitrogens with two attached hydrogens (primary N) is 1. The lowest BCUT2D eigenvalue weighted by Gasteiger charge is -2.25. The highest BCUT2D eigenvalue weighted by Gasteiger charge is 2.30. The summed E-state index contributed by atoms with van der Waals surface area (Å²) in [5, 5.41) is 92.9. The molecule has 0 heterocycles. The number of likely N-dealkylation sites (N-methyl/N-ethyl adjacent to an activating group) is 1. The molecule has 0 amide bonds. The molecule has 2 aromatic rings. The number of carboxylic acids is 4. The molecule has 0 unspecified atom stereocenters. The van der Waals surface area contributed by atoms with E-state index >= 15 is 0 Å². The maximum absolute atomic E-state index is 11.5. The summed E-state index contributed by atoms with van der Waals surface area (Å²) in [6.45, 7) is -1.78. The largest absolute Gasteiger partial charge is 0.549 e. The van der Waals surface area contributed by atoms with Crippen LogP contribution in [0.25, 0.3) is 0 Å². The van der Waals surface area contributed by atoms with Gasteiger partial charge in [0.05, 0.1) is 43.6 Å². The number of carbonyl (C=O) groups is 4. The Kier molecular flexibility index (Phi) is 20.4. The van der Waals surface area contributed by atoms with Crippen LogP contribution in [0, 0.1) is 0 Å². The minimum atomic E-state index is -1.53. The standard InChI is InChI=1S/C22H24N2O9.C7H17NO5.CH4/c25-19(26)12-24(13-20(27)28)10-9-23-18(22(31)32)11-14-1-5-16(6-2-14)33-17-7-3-15(4-8-17)21(29)30;1-8-2-4(10)6(12)7(13)5(11)3-9;/h1-8,18,23H,9-13H2,(H,25,26)(H,27,28)(H,29,30)(H,31,32);4-13H,2-3H2,1H3;1H4/p-3/t18-;4-,5+,6+,7+;/m00./s1. The Hall–Kier alpha value is -4.20. The van der Waals surface area contributed by atoms with E-state index in [0.717, 1.165) is 4.90 Å². The lowest BCUT2D eigenvalue weighted by molar-refractivity contribution is -0.635. The highest BCUT2D eigenvalue weighted by atomic mass is 16.5. The molecule has 2 rings (SSSR count). The monoisotopic (exact) mass is 668 g/mol. The van der Waals surface area contributed by atoms with E-state index in [-0.39, 0.29) is 39.0 Å². The number of aliphatic hydroxyl groups excluding tert-OH is 5. The number of carbonyl (C=O) groups excluding carboxylic acids is 4. The molecule has 0 aliphatic carbocycles. The van der Waals surface area contributed by atoms with Crippen molar-refractivity contribution in [2.24, 2.45) is 0 Å². The summed E-state index contributed by atoms with van der Waals surface area (Å²) < 4.78 is 5.61. The summed E-state index contributed by atoms with van der Waals surface area (Å²) in [6, 6.07) is 11.0. The molecule has 0 fully saturated rings. The third kappa shape index (κ3) is 16.8. The molecule has 2 aromatic carbocycles. The van der Waals surface area contributed by atoms with E-state index in [4.69, 9.17) is 20.1 Å². The van der Waals surface area contributed by atoms with Gasteiger partial charge in [-0.05, 0) is 53.9 Å². The third-order valence-corrected chi connectivity index (χ3v) is 6.30. The van der Waals surface area contributed by atoms with Crippen LogP contribution in [0.3, 0.4) is 0 Å². The van der Waals surface area contributed by atoms with Crippen LogP contribution in [0.4, 0.5) is 0 Å². The Bertz CT molecular complexity index is 1210. The van der Waals surface area contributed by atoms with Crippen molar-refractivity contribution >= 4 is 23.9 Å². The predicted molar refractivity (Wildman–Crippen MR) is 155 cm³/mol. The fourth-order valence-electron chi connectivity index (χ4n) is 3.88. The Balaban J connectivity index is 0.00000128. The number of benzene rings is 2. The quantitative estimate of drug-likeness (QED) is 0.0689. The highest BCUT2D eigenvalue weighted by Crippen LogP contribution is 2.22. The van der Waals surface area contributed by atoms with Crippen LogP contribution in [0.5, 0.6) is 11.5 Å². The molecule has 8 N–H and O–H groups in total. The van der Waals surface area contributed by atoms with E-state index in [9.17, 15) is 49.8 Å². The van der Waals surface area contributed by atoms with Gasteiger partial charge < -0.3 is 80.5 Å². The van der Waals surface area contributed by atoms with Crippen LogP contribution in [-0.2, 0) is 20.8 Å². The van der Waals surface area contributed by atoms with Gasteiger partial charge in [0.15, 0.2) is 0 Å². The second-order valence-corrected chi connectivity index (χ2v) is 9.98. The van der Waals surface area contributed by atoms with Crippen molar-refractivity contribution in [1.29, 1.82) is 0 Å². The molecule has 0 saturated heterocycles. The molecule has 17 nitrogen and oxygen atoms in total. The molecule has 0 bridgehead atoms. The number of hydrogen-bond acceptors (Lipinski definition) is 16. The Labute approximate surface area is 271 Å². The van der Waals surface area contributed by atoms with Crippen LogP contribution in [0.2, 0.25) is 0 Å². The van der Waals surface area contributed by atoms with Crippen molar-refractivity contribution in [3.63, 3.8) is 0 Å². The molecule has 0 aliphatic heterocycles. The predicted octanol–water partition coefficient (Wildman–Crippen LogP) is -7.85. The third-order valence-electron chi connectivity index (χ3n) is 6.30. The molecule has 17 heteroatoms. The molecule has 0 aromatic heterocycles. The van der Waals surface area contributed by atoms with Crippen molar-refractivity contribution in [3.05, 3.63) is 59.7 Å². The summed E-state index contributed by atoms with van der Waals surface area (Å²) >= 11 is 0. The van der Waals surface area contributed by atoms with E-state index < -0.39 is 74.0 Å². The summed E-state index contributed by atoms with van der Waals surface area (Å²) in [5.74, 6) is -4.77. The van der Waals surface area contributed by atoms with Crippen molar-refractivity contribution < 1.29 is 75.2 Å². The van der Waals surface area contributed by atoms with Gasteiger partial charge in [0.1, 0.15) is 42.5 Å². The topological polar surface area (TPSA) is 303 Å². The molecule has 0 saturated carbocycles. The summed E-state index contributed by atoms with van der Waals surface area (Å²) in [6.07, 6.45) is -5.48. The number of quaternary nitrogens is 1. The minimum Gasteiger partial charge on any atom is -0.549 e. The number of nitrogens with one attached hydrogen (secondary N) is 1. The van der Waals surface area contributed by atoms with Crippen LogP contribution < -0.4 is 35.8 Å². The molecule has 264 valence electrons. The fourth-order valence-corrected chi connectivity index (χ4v) is 3.88. The van der Waals surface area contributed by atoms with Gasteiger partial charge in [0.2, 0.25) is 0 Å². The smallest absolute Gasteiger partial charge is 0.131 e. The number of aliphatic hydroxyl groups is 5. The molecule has 0 radical (unpaired) electrons. The zero-order chi connectivity index (χ0) is 34.8. The van der Waals surface area contributed by atoms with Crippen LogP contribution in [0.15, 0.2) is 48.5 Å². The number of hydrogen-bond donors (Lipinski definition) is 7. The van der Waals surface area contributed by atoms with Gasteiger partial charge in [-0.1, -0.05) is 19.6 Å². The number of aromatic carboxylic acids is 1. The first-order chi connectivity index (χ1) is 21.7. The van der Waals surface area contributed by atoms with Gasteiger partial charge in [-0.2, -0.15) is 0 Å². The van der Waals surface area contributed by atoms with E-state index in [1.165, 1.54) is 24.3 Å². The fraction of sp³-hybridized carbons (Fsp3) is 0.467. The number of carboxylic acid groups (broad SMARTS) is 4. The first-order valence-electron chi connectivity index (χ1n) is 13.9. The summed E-state index contributed by atoms with van der Waals surface area (Å²) in [7, 11) is 1.70. The summed E-state index contributed by atoms with van der Waals surface area (Å²) in [5.41, 5.74) is 0.651. The minimum absolute atomic E-state index is 0. The second kappa shape index (κ2) is 22.3. The van der Waals surface area contributed by atoms with Gasteiger partial charge in [-0.15, -0.1) is 0 Å². The maximum atomic E-state index is 11.5. The Morgan fingerprint density at radius 3 is 1.74 bits per heavy atom. The number of aliphatic carboxylic acids is 3. The van der Waals surface area contributed by atoms with Crippen LogP contribution in [0.1, 0.15) is 23.3 Å². The lowest BCUT2D eigenvalue weighted by Crippen LogP contribution is -2.83.